The van der Waals surface area contributed by atoms with Crippen LogP contribution in [0.15, 0.2) is 17.0 Å². The van der Waals surface area contributed by atoms with Gasteiger partial charge in [-0.25, -0.2) is 8.42 Å². The average molecular weight is 317 g/mol. The molecule has 1 aromatic carbocycles. The van der Waals surface area contributed by atoms with Crippen LogP contribution in [0.4, 0.5) is 13.2 Å². The first kappa shape index (κ1) is 16.1. The Balaban J connectivity index is 2.92. The fourth-order valence-electron chi connectivity index (χ4n) is 1.47. The van der Waals surface area contributed by atoms with Gasteiger partial charge in [-0.15, -0.1) is 0 Å². The quantitative estimate of drug-likeness (QED) is 0.798. The SMILES string of the molecule is Cc1c(OCCC(F)(F)F)ccc(S(=O)(=O)Cl)c1C. The molecule has 0 unspecified atom stereocenters. The summed E-state index contributed by atoms with van der Waals surface area (Å²) in [7, 11) is 1.36. The summed E-state index contributed by atoms with van der Waals surface area (Å²) in [5, 5.41) is 0. The minimum atomic E-state index is -4.29. The Labute approximate surface area is 113 Å². The third-order valence-electron chi connectivity index (χ3n) is 2.59. The van der Waals surface area contributed by atoms with Gasteiger partial charge in [0.25, 0.3) is 9.05 Å². The van der Waals surface area contributed by atoms with Crippen molar-refractivity contribution in [3.63, 3.8) is 0 Å². The molecule has 0 bridgehead atoms. The van der Waals surface area contributed by atoms with Gasteiger partial charge in [-0.1, -0.05) is 0 Å². The molecule has 0 N–H and O–H groups in total. The van der Waals surface area contributed by atoms with Crippen LogP contribution in [0, 0.1) is 13.8 Å². The standard InChI is InChI=1S/C11H12ClF3O3S/c1-7-8(2)10(19(12,16)17)4-3-9(7)18-6-5-11(13,14)15/h3-4H,5-6H2,1-2H3. The van der Waals surface area contributed by atoms with Crippen molar-refractivity contribution >= 4 is 19.7 Å². The van der Waals surface area contributed by atoms with Crippen molar-refractivity contribution in [2.24, 2.45) is 0 Å². The van der Waals surface area contributed by atoms with Crippen molar-refractivity contribution in [1.82, 2.24) is 0 Å². The third-order valence-corrected chi connectivity index (χ3v) is 4.06. The maximum Gasteiger partial charge on any atom is 0.392 e. The molecule has 0 aromatic heterocycles. The highest BCUT2D eigenvalue weighted by Gasteiger charge is 2.27. The van der Waals surface area contributed by atoms with Crippen LogP contribution in [0.1, 0.15) is 17.5 Å². The number of ether oxygens (including phenoxy) is 1. The summed E-state index contributed by atoms with van der Waals surface area (Å²) in [4.78, 5) is -0.0742. The maximum atomic E-state index is 12.0. The number of alkyl halides is 3. The summed E-state index contributed by atoms with van der Waals surface area (Å²) < 4.78 is 63.4. The molecule has 0 heterocycles. The summed E-state index contributed by atoms with van der Waals surface area (Å²) in [5.41, 5.74) is 0.809. The molecule has 0 amide bonds. The molecule has 3 nitrogen and oxygen atoms in total. The van der Waals surface area contributed by atoms with Crippen molar-refractivity contribution in [1.29, 1.82) is 0 Å². The molecule has 0 fully saturated rings. The van der Waals surface area contributed by atoms with E-state index in [1.54, 1.807) is 6.92 Å². The van der Waals surface area contributed by atoms with Gasteiger partial charge < -0.3 is 4.74 Å². The summed E-state index contributed by atoms with van der Waals surface area (Å²) >= 11 is 0. The van der Waals surface area contributed by atoms with Gasteiger partial charge in [-0.2, -0.15) is 13.2 Å². The second-order valence-electron chi connectivity index (χ2n) is 3.96. The highest BCUT2D eigenvalue weighted by atomic mass is 35.7. The lowest BCUT2D eigenvalue weighted by Crippen LogP contribution is -2.13. The van der Waals surface area contributed by atoms with E-state index >= 15 is 0 Å². The largest absolute Gasteiger partial charge is 0.493 e. The van der Waals surface area contributed by atoms with Crippen LogP contribution >= 0.6 is 10.7 Å². The molecule has 19 heavy (non-hydrogen) atoms. The summed E-state index contributed by atoms with van der Waals surface area (Å²) in [5.74, 6) is 0.214. The molecule has 0 radical (unpaired) electrons. The van der Waals surface area contributed by atoms with Gasteiger partial charge >= 0.3 is 6.18 Å². The van der Waals surface area contributed by atoms with E-state index in [9.17, 15) is 21.6 Å². The van der Waals surface area contributed by atoms with E-state index in [1.165, 1.54) is 19.1 Å². The summed E-state index contributed by atoms with van der Waals surface area (Å²) in [6.07, 6.45) is -5.36. The normalized spacial score (nSPS) is 12.5. The van der Waals surface area contributed by atoms with E-state index in [4.69, 9.17) is 15.4 Å². The Bertz CT molecular complexity index is 567. The zero-order chi connectivity index (χ0) is 14.8. The Morgan fingerprint density at radius 2 is 1.79 bits per heavy atom. The smallest absolute Gasteiger partial charge is 0.392 e. The van der Waals surface area contributed by atoms with E-state index in [-0.39, 0.29) is 10.6 Å². The Morgan fingerprint density at radius 1 is 1.21 bits per heavy atom. The fraction of sp³-hybridized carbons (Fsp3) is 0.455. The molecule has 0 aliphatic rings. The molecule has 0 aliphatic heterocycles. The van der Waals surface area contributed by atoms with E-state index < -0.39 is 28.3 Å². The molecule has 0 atom stereocenters. The lowest BCUT2D eigenvalue weighted by molar-refractivity contribution is -0.139. The van der Waals surface area contributed by atoms with Crippen molar-refractivity contribution in [2.45, 2.75) is 31.3 Å². The van der Waals surface area contributed by atoms with Crippen molar-refractivity contribution in [3.8, 4) is 5.75 Å². The Kier molecular flexibility index (Phi) is 4.73. The van der Waals surface area contributed by atoms with Gasteiger partial charge in [0.05, 0.1) is 17.9 Å². The second kappa shape index (κ2) is 5.58. The maximum absolute atomic E-state index is 12.0. The van der Waals surface area contributed by atoms with Crippen molar-refractivity contribution in [3.05, 3.63) is 23.3 Å². The molecule has 108 valence electrons. The fourth-order valence-corrected chi connectivity index (χ4v) is 2.72. The van der Waals surface area contributed by atoms with Crippen molar-refractivity contribution < 1.29 is 26.3 Å². The molecule has 8 heteroatoms. The predicted molar refractivity (Wildman–Crippen MR) is 65.1 cm³/mol. The predicted octanol–water partition coefficient (Wildman–Crippen LogP) is 3.56. The molecular formula is C11H12ClF3O3S. The highest BCUT2D eigenvalue weighted by Crippen LogP contribution is 2.29. The molecule has 1 aromatic rings. The van der Waals surface area contributed by atoms with Crippen LogP contribution in [0.25, 0.3) is 0 Å². The van der Waals surface area contributed by atoms with E-state index in [0.717, 1.165) is 0 Å². The molecule has 0 aliphatic carbocycles. The zero-order valence-electron chi connectivity index (χ0n) is 10.2. The first-order valence-corrected chi connectivity index (χ1v) is 7.58. The third kappa shape index (κ3) is 4.58. The molecule has 1 rings (SSSR count). The number of rotatable bonds is 4. The number of benzene rings is 1. The minimum absolute atomic E-state index is 0.0742. The molecule has 0 spiro atoms. The Hall–Kier alpha value is -0.950. The summed E-state index contributed by atoms with van der Waals surface area (Å²) in [6.45, 7) is 2.56. The van der Waals surface area contributed by atoms with Crippen LogP contribution in [-0.4, -0.2) is 21.2 Å². The summed E-state index contributed by atoms with van der Waals surface area (Å²) in [6, 6.07) is 2.52. The van der Waals surface area contributed by atoms with E-state index in [2.05, 4.69) is 0 Å². The van der Waals surface area contributed by atoms with Gasteiger partial charge in [0, 0.05) is 10.7 Å². The molecular weight excluding hydrogens is 305 g/mol. The van der Waals surface area contributed by atoms with Crippen LogP contribution in [0.3, 0.4) is 0 Å². The van der Waals surface area contributed by atoms with E-state index in [0.29, 0.717) is 11.1 Å². The average Bonchev–Trinajstić information content (AvgIpc) is 2.20. The van der Waals surface area contributed by atoms with Gasteiger partial charge in [0.1, 0.15) is 5.75 Å². The Morgan fingerprint density at radius 3 is 2.26 bits per heavy atom. The second-order valence-corrected chi connectivity index (χ2v) is 6.50. The highest BCUT2D eigenvalue weighted by molar-refractivity contribution is 8.13. The first-order chi connectivity index (χ1) is 8.52. The molecule has 0 saturated heterocycles. The number of hydrogen-bond donors (Lipinski definition) is 0. The van der Waals surface area contributed by atoms with Gasteiger partial charge in [0.15, 0.2) is 0 Å². The topological polar surface area (TPSA) is 43.4 Å². The van der Waals surface area contributed by atoms with Gasteiger partial charge in [0.2, 0.25) is 0 Å². The van der Waals surface area contributed by atoms with Gasteiger partial charge in [-0.3, -0.25) is 0 Å². The van der Waals surface area contributed by atoms with Crippen LogP contribution < -0.4 is 4.74 Å². The monoisotopic (exact) mass is 316 g/mol. The van der Waals surface area contributed by atoms with Gasteiger partial charge in [-0.05, 0) is 37.1 Å². The lowest BCUT2D eigenvalue weighted by atomic mass is 10.1. The zero-order valence-corrected chi connectivity index (χ0v) is 11.8. The van der Waals surface area contributed by atoms with Crippen molar-refractivity contribution in [2.75, 3.05) is 6.61 Å². The van der Waals surface area contributed by atoms with Crippen LogP contribution in [0.5, 0.6) is 5.75 Å². The van der Waals surface area contributed by atoms with Crippen LogP contribution in [0.2, 0.25) is 0 Å². The van der Waals surface area contributed by atoms with Crippen LogP contribution in [-0.2, 0) is 9.05 Å². The number of hydrogen-bond acceptors (Lipinski definition) is 3. The first-order valence-electron chi connectivity index (χ1n) is 5.27. The lowest BCUT2D eigenvalue weighted by Gasteiger charge is -2.13. The minimum Gasteiger partial charge on any atom is -0.493 e. The number of halogens is 4. The van der Waals surface area contributed by atoms with E-state index in [1.807, 2.05) is 0 Å². The molecule has 0 saturated carbocycles.